The topological polar surface area (TPSA) is 61.6 Å². The van der Waals surface area contributed by atoms with Crippen LogP contribution in [0.5, 0.6) is 0 Å². The van der Waals surface area contributed by atoms with Crippen molar-refractivity contribution in [2.75, 3.05) is 5.32 Å². The van der Waals surface area contributed by atoms with Crippen molar-refractivity contribution in [2.45, 2.75) is 19.3 Å². The average Bonchev–Trinajstić information content (AvgIpc) is 3.22. The fourth-order valence-electron chi connectivity index (χ4n) is 2.08. The number of halogens is 2. The highest BCUT2D eigenvalue weighted by Crippen LogP contribution is 2.32. The lowest BCUT2D eigenvalue weighted by Crippen LogP contribution is -2.03. The van der Waals surface area contributed by atoms with Gasteiger partial charge < -0.3 is 5.32 Å². The van der Waals surface area contributed by atoms with Gasteiger partial charge >= 0.3 is 0 Å². The van der Waals surface area contributed by atoms with Crippen LogP contribution in [0.25, 0.3) is 0 Å². The molecule has 1 N–H and O–H groups in total. The molecule has 0 aliphatic heterocycles. The number of hydrogen-bond acceptors (Lipinski definition) is 4. The highest BCUT2D eigenvalue weighted by atomic mass is 35.5. The van der Waals surface area contributed by atoms with Crippen LogP contribution in [0.1, 0.15) is 24.2 Å². The zero-order valence-electron chi connectivity index (χ0n) is 11.1. The largest absolute Gasteiger partial charge is 0.339 e. The van der Waals surface area contributed by atoms with E-state index in [2.05, 4.69) is 15.3 Å². The van der Waals surface area contributed by atoms with Crippen molar-refractivity contribution < 1.29 is 4.39 Å². The number of nitrogens with zero attached hydrogens (tertiary/aromatic N) is 3. The molecule has 0 spiro atoms. The first-order valence-electron chi connectivity index (χ1n) is 6.65. The molecule has 0 radical (unpaired) electrons. The van der Waals surface area contributed by atoms with Crippen LogP contribution in [0.4, 0.5) is 15.9 Å². The zero-order chi connectivity index (χ0) is 14.8. The van der Waals surface area contributed by atoms with E-state index in [0.29, 0.717) is 28.4 Å². The van der Waals surface area contributed by atoms with Crippen LogP contribution in [0.15, 0.2) is 24.3 Å². The van der Waals surface area contributed by atoms with Crippen LogP contribution in [0.2, 0.25) is 5.15 Å². The van der Waals surface area contributed by atoms with Gasteiger partial charge in [-0.2, -0.15) is 5.26 Å². The van der Waals surface area contributed by atoms with E-state index in [4.69, 9.17) is 16.9 Å². The lowest BCUT2D eigenvalue weighted by Gasteiger charge is -2.09. The Bertz CT molecular complexity index is 722. The van der Waals surface area contributed by atoms with E-state index in [1.54, 1.807) is 12.1 Å². The Morgan fingerprint density at radius 1 is 1.38 bits per heavy atom. The Labute approximate surface area is 126 Å². The molecule has 0 amide bonds. The van der Waals surface area contributed by atoms with E-state index >= 15 is 0 Å². The molecule has 1 fully saturated rings. The molecule has 1 aromatic carbocycles. The molecule has 21 heavy (non-hydrogen) atoms. The number of nitrogens with one attached hydrogen (secondary N) is 1. The minimum atomic E-state index is -0.569. The number of anilines is 2. The van der Waals surface area contributed by atoms with E-state index < -0.39 is 5.82 Å². The van der Waals surface area contributed by atoms with Gasteiger partial charge in [0.15, 0.2) is 0 Å². The van der Waals surface area contributed by atoms with Gasteiger partial charge in [-0.3, -0.25) is 0 Å². The van der Waals surface area contributed by atoms with Crippen LogP contribution < -0.4 is 5.32 Å². The third-order valence-electron chi connectivity index (χ3n) is 3.30. The van der Waals surface area contributed by atoms with Gasteiger partial charge in [0.05, 0.1) is 5.69 Å². The summed E-state index contributed by atoms with van der Waals surface area (Å²) in [6.45, 7) is 0. The summed E-state index contributed by atoms with van der Waals surface area (Å²) in [5, 5.41) is 12.3. The highest BCUT2D eigenvalue weighted by Gasteiger charge is 2.23. The van der Waals surface area contributed by atoms with E-state index in [1.165, 1.54) is 25.0 Å². The van der Waals surface area contributed by atoms with E-state index in [-0.39, 0.29) is 5.56 Å². The molecule has 1 aliphatic rings. The molecule has 0 unspecified atom stereocenters. The van der Waals surface area contributed by atoms with Gasteiger partial charge in [0.25, 0.3) is 0 Å². The summed E-state index contributed by atoms with van der Waals surface area (Å²) in [6, 6.07) is 7.80. The number of aromatic nitrogens is 2. The quantitative estimate of drug-likeness (QED) is 0.872. The van der Waals surface area contributed by atoms with Gasteiger partial charge in [0.1, 0.15) is 34.2 Å². The van der Waals surface area contributed by atoms with Crippen LogP contribution >= 0.6 is 11.6 Å². The number of hydrogen-bond donors (Lipinski definition) is 1. The number of benzene rings is 1. The molecule has 3 rings (SSSR count). The van der Waals surface area contributed by atoms with E-state index in [1.807, 2.05) is 6.07 Å². The van der Waals surface area contributed by atoms with Gasteiger partial charge in [0.2, 0.25) is 0 Å². The van der Waals surface area contributed by atoms with Crippen molar-refractivity contribution in [3.05, 3.63) is 46.6 Å². The van der Waals surface area contributed by atoms with Crippen LogP contribution in [-0.4, -0.2) is 9.97 Å². The van der Waals surface area contributed by atoms with Gasteiger partial charge in [-0.15, -0.1) is 0 Å². The summed E-state index contributed by atoms with van der Waals surface area (Å²) in [6.07, 6.45) is 3.19. The molecule has 1 aliphatic carbocycles. The van der Waals surface area contributed by atoms with Crippen molar-refractivity contribution in [1.29, 1.82) is 5.26 Å². The summed E-state index contributed by atoms with van der Waals surface area (Å²) in [5.74, 6) is 1.20. The summed E-state index contributed by atoms with van der Waals surface area (Å²) < 4.78 is 13.6. The first-order chi connectivity index (χ1) is 10.2. The Morgan fingerprint density at radius 2 is 2.19 bits per heavy atom. The van der Waals surface area contributed by atoms with Gasteiger partial charge in [-0.05, 0) is 30.9 Å². The summed E-state index contributed by atoms with van der Waals surface area (Å²) >= 11 is 5.99. The maximum absolute atomic E-state index is 13.6. The third-order valence-corrected chi connectivity index (χ3v) is 3.49. The SMILES string of the molecule is N#Cc1c(F)cccc1Nc1cc(Cl)nc(CC2CC2)n1. The second-order valence-corrected chi connectivity index (χ2v) is 5.43. The third kappa shape index (κ3) is 3.29. The minimum Gasteiger partial charge on any atom is -0.339 e. The van der Waals surface area contributed by atoms with Crippen molar-refractivity contribution in [1.82, 2.24) is 9.97 Å². The molecular formula is C15H12ClFN4. The predicted molar refractivity (Wildman–Crippen MR) is 77.9 cm³/mol. The molecule has 0 atom stereocenters. The lowest BCUT2D eigenvalue weighted by atomic mass is 10.2. The van der Waals surface area contributed by atoms with Crippen molar-refractivity contribution in [3.8, 4) is 6.07 Å². The molecule has 0 saturated heterocycles. The maximum atomic E-state index is 13.6. The lowest BCUT2D eigenvalue weighted by molar-refractivity contribution is 0.624. The number of rotatable bonds is 4. The fourth-order valence-corrected chi connectivity index (χ4v) is 2.28. The molecule has 2 aromatic rings. The van der Waals surface area contributed by atoms with Crippen LogP contribution in [0.3, 0.4) is 0 Å². The van der Waals surface area contributed by atoms with E-state index in [9.17, 15) is 4.39 Å². The maximum Gasteiger partial charge on any atom is 0.143 e. The number of nitriles is 1. The van der Waals surface area contributed by atoms with E-state index in [0.717, 1.165) is 6.42 Å². The molecular weight excluding hydrogens is 291 g/mol. The first kappa shape index (κ1) is 13.8. The second-order valence-electron chi connectivity index (χ2n) is 5.04. The standard InChI is InChI=1S/C15H12ClFN4/c16-13-7-15(21-14(20-13)6-9-4-5-9)19-12-3-1-2-11(17)10(12)8-18/h1-3,7,9H,4-6H2,(H,19,20,21). The highest BCUT2D eigenvalue weighted by molar-refractivity contribution is 6.29. The van der Waals surface area contributed by atoms with Gasteiger partial charge in [-0.1, -0.05) is 17.7 Å². The minimum absolute atomic E-state index is 0.0454. The molecule has 106 valence electrons. The molecule has 0 bridgehead atoms. The Balaban J connectivity index is 1.89. The first-order valence-corrected chi connectivity index (χ1v) is 7.02. The Morgan fingerprint density at radius 3 is 2.90 bits per heavy atom. The summed E-state index contributed by atoms with van der Waals surface area (Å²) in [4.78, 5) is 8.57. The summed E-state index contributed by atoms with van der Waals surface area (Å²) in [5.41, 5.74) is 0.320. The normalized spacial score (nSPS) is 13.8. The van der Waals surface area contributed by atoms with Crippen LogP contribution in [-0.2, 0) is 6.42 Å². The molecule has 1 saturated carbocycles. The van der Waals surface area contributed by atoms with Crippen LogP contribution in [0, 0.1) is 23.1 Å². The second kappa shape index (κ2) is 5.66. The van der Waals surface area contributed by atoms with Crippen molar-refractivity contribution >= 4 is 23.1 Å². The smallest absolute Gasteiger partial charge is 0.143 e. The average molecular weight is 303 g/mol. The van der Waals surface area contributed by atoms with Gasteiger partial charge in [0, 0.05) is 12.5 Å². The zero-order valence-corrected chi connectivity index (χ0v) is 11.9. The predicted octanol–water partition coefficient (Wildman–Crippen LogP) is 3.84. The van der Waals surface area contributed by atoms with Crippen molar-refractivity contribution in [3.63, 3.8) is 0 Å². The fraction of sp³-hybridized carbons (Fsp3) is 0.267. The molecule has 1 aromatic heterocycles. The summed E-state index contributed by atoms with van der Waals surface area (Å²) in [7, 11) is 0. The van der Waals surface area contributed by atoms with Crippen molar-refractivity contribution in [2.24, 2.45) is 5.92 Å². The monoisotopic (exact) mass is 302 g/mol. The molecule has 6 heteroatoms. The van der Waals surface area contributed by atoms with Gasteiger partial charge in [-0.25, -0.2) is 14.4 Å². The Hall–Kier alpha value is -2.19. The molecule has 4 nitrogen and oxygen atoms in total. The molecule has 1 heterocycles. The Kier molecular flexibility index (Phi) is 3.72.